The lowest BCUT2D eigenvalue weighted by molar-refractivity contribution is 0.112. The van der Waals surface area contributed by atoms with Crippen LogP contribution in [-0.4, -0.2) is 19.6 Å². The van der Waals surface area contributed by atoms with E-state index < -0.39 is 8.32 Å². The van der Waals surface area contributed by atoms with Crippen molar-refractivity contribution in [3.63, 3.8) is 0 Å². The minimum Gasteiger partial charge on any atom is -0.412 e. The molecule has 0 saturated carbocycles. The lowest BCUT2D eigenvalue weighted by Gasteiger charge is -2.42. The highest BCUT2D eigenvalue weighted by atomic mass is 35.5. The number of carbonyl (C=O) groups is 1. The normalized spacial score (nSPS) is 12.5. The van der Waals surface area contributed by atoms with E-state index in [1.54, 1.807) is 6.07 Å². The maximum Gasteiger partial charge on any atom is 0.200 e. The monoisotopic (exact) mass is 327 g/mol. The number of carbonyl (C=O) groups excluding carboxylic acids is 1. The third-order valence-electron chi connectivity index (χ3n) is 4.25. The molecule has 0 bridgehead atoms. The van der Waals surface area contributed by atoms with Gasteiger partial charge in [0.15, 0.2) is 6.29 Å². The lowest BCUT2D eigenvalue weighted by atomic mass is 10.2. The molecule has 0 aromatic carbocycles. The van der Waals surface area contributed by atoms with Gasteiger partial charge in [-0.25, -0.2) is 4.98 Å². The molecule has 0 aliphatic heterocycles. The Morgan fingerprint density at radius 3 is 2.14 bits per heavy atom. The minimum absolute atomic E-state index is 0.416. The molecular weight excluding hydrogens is 302 g/mol. The van der Waals surface area contributed by atoms with Gasteiger partial charge in [-0.3, -0.25) is 4.79 Å². The number of halogens is 1. The molecule has 0 spiro atoms. The summed E-state index contributed by atoms with van der Waals surface area (Å²) in [6, 6.07) is 1.77. The van der Waals surface area contributed by atoms with Gasteiger partial charge in [-0.1, -0.05) is 53.1 Å². The number of pyridine rings is 1. The first-order chi connectivity index (χ1) is 9.75. The van der Waals surface area contributed by atoms with Crippen LogP contribution in [0.5, 0.6) is 0 Å². The van der Waals surface area contributed by atoms with Gasteiger partial charge in [0, 0.05) is 17.3 Å². The van der Waals surface area contributed by atoms with Gasteiger partial charge in [0.05, 0.1) is 6.61 Å². The molecule has 0 saturated heterocycles. The van der Waals surface area contributed by atoms with Crippen molar-refractivity contribution in [3.05, 3.63) is 28.5 Å². The molecule has 1 aromatic rings. The molecule has 0 amide bonds. The fourth-order valence-corrected chi connectivity index (χ4v) is 8.94. The van der Waals surface area contributed by atoms with Gasteiger partial charge in [0.25, 0.3) is 0 Å². The molecule has 0 aliphatic carbocycles. The molecule has 1 aromatic heterocycles. The maximum absolute atomic E-state index is 10.9. The number of aromatic nitrogens is 1. The Hall–Kier alpha value is -0.713. The lowest BCUT2D eigenvalue weighted by Crippen LogP contribution is -2.47. The Morgan fingerprint density at radius 1 is 1.19 bits per heavy atom. The Labute approximate surface area is 134 Å². The number of nitrogens with zero attached hydrogens (tertiary/aromatic N) is 1. The fourth-order valence-electron chi connectivity index (χ4n) is 3.38. The maximum atomic E-state index is 10.9. The average Bonchev–Trinajstić information content (AvgIpc) is 2.40. The molecule has 1 heterocycles. The number of aldehydes is 1. The summed E-state index contributed by atoms with van der Waals surface area (Å²) in [7, 11) is -1.94. The highest BCUT2D eigenvalue weighted by Gasteiger charge is 2.45. The van der Waals surface area contributed by atoms with Crippen LogP contribution in [0.1, 0.15) is 57.5 Å². The van der Waals surface area contributed by atoms with E-state index in [9.17, 15) is 4.79 Å². The van der Waals surface area contributed by atoms with Crippen LogP contribution in [0.25, 0.3) is 0 Å². The largest absolute Gasteiger partial charge is 0.412 e. The summed E-state index contributed by atoms with van der Waals surface area (Å²) >= 11 is 6.13. The Balaban J connectivity index is 3.04. The predicted octanol–water partition coefficient (Wildman–Crippen LogP) is 5.24. The molecule has 0 fully saturated rings. The van der Waals surface area contributed by atoms with Crippen LogP contribution in [0.2, 0.25) is 21.8 Å². The van der Waals surface area contributed by atoms with E-state index in [4.69, 9.17) is 16.0 Å². The van der Waals surface area contributed by atoms with Crippen LogP contribution in [0.15, 0.2) is 12.3 Å². The number of hydrogen-bond acceptors (Lipinski definition) is 3. The van der Waals surface area contributed by atoms with Crippen molar-refractivity contribution in [2.45, 2.75) is 64.8 Å². The second-order valence-corrected chi connectivity index (χ2v) is 12.3. The second-order valence-electron chi connectivity index (χ2n) is 6.44. The number of rotatable bonds is 7. The van der Waals surface area contributed by atoms with Crippen LogP contribution in [0.4, 0.5) is 0 Å². The first-order valence-electron chi connectivity index (χ1n) is 7.49. The van der Waals surface area contributed by atoms with Crippen molar-refractivity contribution < 1.29 is 9.22 Å². The second kappa shape index (κ2) is 7.52. The topological polar surface area (TPSA) is 39.2 Å². The molecule has 0 unspecified atom stereocenters. The van der Waals surface area contributed by atoms with Gasteiger partial charge < -0.3 is 4.43 Å². The Bertz CT molecular complexity index is 467. The van der Waals surface area contributed by atoms with Crippen LogP contribution in [0, 0.1) is 0 Å². The Kier molecular flexibility index (Phi) is 6.57. The molecule has 118 valence electrons. The van der Waals surface area contributed by atoms with Crippen molar-refractivity contribution in [2.24, 2.45) is 0 Å². The van der Waals surface area contributed by atoms with Gasteiger partial charge in [-0.05, 0) is 22.7 Å². The highest BCUT2D eigenvalue weighted by Crippen LogP contribution is 2.42. The van der Waals surface area contributed by atoms with Crippen molar-refractivity contribution in [2.75, 3.05) is 0 Å². The van der Waals surface area contributed by atoms with Gasteiger partial charge in [0.1, 0.15) is 5.15 Å². The summed E-state index contributed by atoms with van der Waals surface area (Å²) in [5.41, 5.74) is 2.86. The van der Waals surface area contributed by atoms with Crippen LogP contribution in [-0.2, 0) is 11.0 Å². The summed E-state index contributed by atoms with van der Waals surface area (Å²) in [6.45, 7) is 13.9. The van der Waals surface area contributed by atoms with E-state index in [1.807, 2.05) is 0 Å². The van der Waals surface area contributed by atoms with Gasteiger partial charge in [0.2, 0.25) is 8.32 Å². The van der Waals surface area contributed by atoms with Crippen molar-refractivity contribution in [3.8, 4) is 0 Å². The third kappa shape index (κ3) is 3.93. The van der Waals surface area contributed by atoms with E-state index in [1.165, 1.54) is 6.20 Å². The van der Waals surface area contributed by atoms with Crippen LogP contribution < -0.4 is 0 Å². The van der Waals surface area contributed by atoms with Gasteiger partial charge in [-0.2, -0.15) is 0 Å². The molecule has 0 radical (unpaired) electrons. The van der Waals surface area contributed by atoms with E-state index >= 15 is 0 Å². The summed E-state index contributed by atoms with van der Waals surface area (Å²) in [4.78, 5) is 14.9. The van der Waals surface area contributed by atoms with Gasteiger partial charge in [-0.15, -0.1) is 0 Å². The van der Waals surface area contributed by atoms with E-state index in [-0.39, 0.29) is 0 Å². The van der Waals surface area contributed by atoms with E-state index in [0.717, 1.165) is 11.8 Å². The van der Waals surface area contributed by atoms with Crippen LogP contribution in [0.3, 0.4) is 0 Å². The zero-order valence-corrected chi connectivity index (χ0v) is 15.6. The molecule has 5 heteroatoms. The molecule has 0 aliphatic rings. The Morgan fingerprint density at radius 2 is 1.71 bits per heavy atom. The summed E-state index contributed by atoms with van der Waals surface area (Å²) < 4.78 is 6.48. The van der Waals surface area contributed by atoms with Crippen LogP contribution >= 0.6 is 11.6 Å². The predicted molar refractivity (Wildman–Crippen MR) is 90.5 cm³/mol. The van der Waals surface area contributed by atoms with Crippen molar-refractivity contribution >= 4 is 26.2 Å². The SMILES string of the molecule is CC(C)[Si](OCc1cc(C=O)cnc1Cl)(C(C)C)C(C)C. The van der Waals surface area contributed by atoms with Crippen molar-refractivity contribution in [1.29, 1.82) is 0 Å². The first-order valence-corrected chi connectivity index (χ1v) is 10.0. The van der Waals surface area contributed by atoms with Crippen molar-refractivity contribution in [1.82, 2.24) is 4.98 Å². The fraction of sp³-hybridized carbons (Fsp3) is 0.625. The van der Waals surface area contributed by atoms with E-state index in [0.29, 0.717) is 33.9 Å². The van der Waals surface area contributed by atoms with E-state index in [2.05, 4.69) is 46.5 Å². The molecule has 0 atom stereocenters. The molecular formula is C16H26ClNO2Si. The number of hydrogen-bond donors (Lipinski definition) is 0. The highest BCUT2D eigenvalue weighted by molar-refractivity contribution is 6.77. The summed E-state index contributed by atoms with van der Waals surface area (Å²) in [6.07, 6.45) is 2.27. The smallest absolute Gasteiger partial charge is 0.200 e. The standard InChI is InChI=1S/C16H26ClNO2Si/c1-11(2)21(12(3)4,13(5)6)20-10-15-7-14(9-19)8-18-16(15)17/h7-9,11-13H,10H2,1-6H3. The molecule has 3 nitrogen and oxygen atoms in total. The minimum atomic E-state index is -1.94. The average molecular weight is 328 g/mol. The third-order valence-corrected chi connectivity index (χ3v) is 10.7. The zero-order chi connectivity index (χ0) is 16.2. The molecule has 21 heavy (non-hydrogen) atoms. The summed E-state index contributed by atoms with van der Waals surface area (Å²) in [5.74, 6) is 0. The summed E-state index contributed by atoms with van der Waals surface area (Å²) in [5, 5.41) is 0.416. The quantitative estimate of drug-likeness (QED) is 0.390. The zero-order valence-electron chi connectivity index (χ0n) is 13.8. The van der Waals surface area contributed by atoms with Gasteiger partial charge >= 0.3 is 0 Å². The molecule has 1 rings (SSSR count). The molecule has 0 N–H and O–H groups in total. The first kappa shape index (κ1) is 18.3.